The fourth-order valence-electron chi connectivity index (χ4n) is 3.03. The molecule has 0 aromatic heterocycles. The molecule has 27 heavy (non-hydrogen) atoms. The first-order chi connectivity index (χ1) is 13.1. The van der Waals surface area contributed by atoms with Gasteiger partial charge >= 0.3 is 5.97 Å². The maximum Gasteiger partial charge on any atom is 0.336 e. The van der Waals surface area contributed by atoms with Gasteiger partial charge in [0.2, 0.25) is 0 Å². The molecule has 3 aromatic rings. The van der Waals surface area contributed by atoms with Gasteiger partial charge in [-0.2, -0.15) is 5.26 Å². The van der Waals surface area contributed by atoms with Gasteiger partial charge in [-0.25, -0.2) is 4.79 Å². The summed E-state index contributed by atoms with van der Waals surface area (Å²) < 4.78 is 5.78. The van der Waals surface area contributed by atoms with E-state index in [1.165, 1.54) is 0 Å². The minimum absolute atomic E-state index is 0.298. The Morgan fingerprint density at radius 2 is 1.67 bits per heavy atom. The fourth-order valence-corrected chi connectivity index (χ4v) is 3.03. The molecule has 0 amide bonds. The molecule has 3 aromatic carbocycles. The topological polar surface area (TPSA) is 82.7 Å². The van der Waals surface area contributed by atoms with Gasteiger partial charge in [-0.1, -0.05) is 6.07 Å². The van der Waals surface area contributed by atoms with Crippen molar-refractivity contribution in [1.29, 1.82) is 5.26 Å². The number of rotatable bonds is 4. The second kappa shape index (κ2) is 6.77. The first-order valence-corrected chi connectivity index (χ1v) is 8.35. The standard InChI is InChI=1S/C22H14N2O3/c23-13-14-4-8-16(9-5-14)27-17-10-6-15(7-11-17)21-12-19-18(22(25)26)2-1-3-20(19)24-21/h1-11H,12H2,(H,25,26). The number of carbonyl (C=O) groups is 1. The van der Waals surface area contributed by atoms with E-state index in [4.69, 9.17) is 10.00 Å². The number of nitriles is 1. The molecule has 0 spiro atoms. The number of fused-ring (bicyclic) bond motifs is 1. The van der Waals surface area contributed by atoms with Crippen molar-refractivity contribution in [2.24, 2.45) is 4.99 Å². The quantitative estimate of drug-likeness (QED) is 0.734. The molecular formula is C22H14N2O3. The lowest BCUT2D eigenvalue weighted by molar-refractivity contribution is 0.0696. The van der Waals surface area contributed by atoms with Crippen molar-refractivity contribution >= 4 is 17.4 Å². The van der Waals surface area contributed by atoms with Gasteiger partial charge in [0.05, 0.1) is 28.6 Å². The SMILES string of the molecule is N#Cc1ccc(Oc2ccc(C3=Nc4cccc(C(=O)O)c4C3)cc2)cc1. The van der Waals surface area contributed by atoms with E-state index >= 15 is 0 Å². The highest BCUT2D eigenvalue weighted by Gasteiger charge is 2.21. The third-order valence-electron chi connectivity index (χ3n) is 4.39. The highest BCUT2D eigenvalue weighted by atomic mass is 16.5. The lowest BCUT2D eigenvalue weighted by atomic mass is 10.00. The lowest BCUT2D eigenvalue weighted by Crippen LogP contribution is -2.05. The molecule has 1 N–H and O–H groups in total. The Kier molecular flexibility index (Phi) is 4.15. The monoisotopic (exact) mass is 354 g/mol. The van der Waals surface area contributed by atoms with Crippen molar-refractivity contribution in [2.45, 2.75) is 6.42 Å². The van der Waals surface area contributed by atoms with E-state index < -0.39 is 5.97 Å². The highest BCUT2D eigenvalue weighted by Crippen LogP contribution is 2.32. The van der Waals surface area contributed by atoms with Crippen molar-refractivity contribution in [3.8, 4) is 17.6 Å². The van der Waals surface area contributed by atoms with Gasteiger partial charge in [0, 0.05) is 6.42 Å². The van der Waals surface area contributed by atoms with Crippen LogP contribution in [0, 0.1) is 11.3 Å². The van der Waals surface area contributed by atoms with Crippen LogP contribution in [0.1, 0.15) is 27.0 Å². The van der Waals surface area contributed by atoms with Gasteiger partial charge in [-0.3, -0.25) is 4.99 Å². The van der Waals surface area contributed by atoms with Crippen LogP contribution in [0.5, 0.6) is 11.5 Å². The van der Waals surface area contributed by atoms with Crippen LogP contribution in [0.4, 0.5) is 5.69 Å². The predicted molar refractivity (Wildman–Crippen MR) is 101 cm³/mol. The van der Waals surface area contributed by atoms with E-state index in [0.29, 0.717) is 34.7 Å². The molecule has 130 valence electrons. The average molecular weight is 354 g/mol. The van der Waals surface area contributed by atoms with Gasteiger partial charge < -0.3 is 9.84 Å². The van der Waals surface area contributed by atoms with Gasteiger partial charge in [0.15, 0.2) is 0 Å². The zero-order valence-electron chi connectivity index (χ0n) is 14.2. The summed E-state index contributed by atoms with van der Waals surface area (Å²) in [4.78, 5) is 16.0. The van der Waals surface area contributed by atoms with Crippen LogP contribution in [-0.4, -0.2) is 16.8 Å². The summed E-state index contributed by atoms with van der Waals surface area (Å²) in [7, 11) is 0. The highest BCUT2D eigenvalue weighted by molar-refractivity contribution is 6.08. The second-order valence-electron chi connectivity index (χ2n) is 6.11. The Bertz CT molecular complexity index is 1090. The van der Waals surface area contributed by atoms with E-state index in [1.807, 2.05) is 30.3 Å². The first kappa shape index (κ1) is 16.6. The lowest BCUT2D eigenvalue weighted by Gasteiger charge is -2.07. The Morgan fingerprint density at radius 3 is 2.30 bits per heavy atom. The minimum atomic E-state index is -0.936. The molecule has 0 aliphatic carbocycles. The molecule has 5 heteroatoms. The van der Waals surface area contributed by atoms with Crippen LogP contribution in [0.15, 0.2) is 71.7 Å². The molecule has 1 aliphatic heterocycles. The third-order valence-corrected chi connectivity index (χ3v) is 4.39. The smallest absolute Gasteiger partial charge is 0.336 e. The molecule has 0 unspecified atom stereocenters. The molecule has 0 fully saturated rings. The van der Waals surface area contributed by atoms with Crippen molar-refractivity contribution in [2.75, 3.05) is 0 Å². The Morgan fingerprint density at radius 1 is 1.00 bits per heavy atom. The van der Waals surface area contributed by atoms with E-state index in [2.05, 4.69) is 11.1 Å². The number of carboxylic acids is 1. The van der Waals surface area contributed by atoms with Crippen LogP contribution in [0.25, 0.3) is 0 Å². The molecule has 0 saturated carbocycles. The van der Waals surface area contributed by atoms with Crippen molar-refractivity contribution < 1.29 is 14.6 Å². The zero-order valence-corrected chi connectivity index (χ0v) is 14.2. The summed E-state index contributed by atoms with van der Waals surface area (Å²) in [5.74, 6) is 0.388. The summed E-state index contributed by atoms with van der Waals surface area (Å²) in [6, 6.07) is 21.6. The van der Waals surface area contributed by atoms with Crippen LogP contribution in [0.3, 0.4) is 0 Å². The Labute approximate surface area is 155 Å². The predicted octanol–water partition coefficient (Wildman–Crippen LogP) is 4.73. The number of nitrogens with zero attached hydrogens (tertiary/aromatic N) is 2. The number of ether oxygens (including phenoxy) is 1. The number of hydrogen-bond donors (Lipinski definition) is 1. The van der Waals surface area contributed by atoms with Crippen LogP contribution in [-0.2, 0) is 6.42 Å². The van der Waals surface area contributed by atoms with Crippen LogP contribution in [0.2, 0.25) is 0 Å². The summed E-state index contributed by atoms with van der Waals surface area (Å²) >= 11 is 0. The first-order valence-electron chi connectivity index (χ1n) is 8.35. The maximum atomic E-state index is 11.4. The maximum absolute atomic E-state index is 11.4. The molecule has 5 nitrogen and oxygen atoms in total. The summed E-state index contributed by atoms with van der Waals surface area (Å²) in [6.45, 7) is 0. The third kappa shape index (κ3) is 3.29. The fraction of sp³-hybridized carbons (Fsp3) is 0.0455. The van der Waals surface area contributed by atoms with E-state index in [0.717, 1.165) is 16.8 Å². The average Bonchev–Trinajstić information content (AvgIpc) is 3.13. The summed E-state index contributed by atoms with van der Waals surface area (Å²) in [5, 5.41) is 18.2. The van der Waals surface area contributed by atoms with E-state index in [9.17, 15) is 9.90 Å². The van der Waals surface area contributed by atoms with Gasteiger partial charge in [-0.15, -0.1) is 0 Å². The normalized spacial score (nSPS) is 12.0. The number of aliphatic imine (C=N–C) groups is 1. The molecule has 1 heterocycles. The molecule has 0 radical (unpaired) electrons. The number of hydrogen-bond acceptors (Lipinski definition) is 4. The van der Waals surface area contributed by atoms with E-state index in [-0.39, 0.29) is 0 Å². The van der Waals surface area contributed by atoms with Crippen LogP contribution >= 0.6 is 0 Å². The molecule has 0 bridgehead atoms. The van der Waals surface area contributed by atoms with Crippen LogP contribution < -0.4 is 4.74 Å². The minimum Gasteiger partial charge on any atom is -0.478 e. The molecule has 0 saturated heterocycles. The number of carboxylic acid groups (broad SMARTS) is 1. The largest absolute Gasteiger partial charge is 0.478 e. The molecule has 4 rings (SSSR count). The van der Waals surface area contributed by atoms with Gasteiger partial charge in [0.1, 0.15) is 11.5 Å². The second-order valence-corrected chi connectivity index (χ2v) is 6.11. The molecule has 1 aliphatic rings. The number of aromatic carboxylic acids is 1. The van der Waals surface area contributed by atoms with Crippen molar-refractivity contribution in [3.05, 3.63) is 89.0 Å². The van der Waals surface area contributed by atoms with Crippen molar-refractivity contribution in [3.63, 3.8) is 0 Å². The van der Waals surface area contributed by atoms with Gasteiger partial charge in [0.25, 0.3) is 0 Å². The number of benzene rings is 3. The molecular weight excluding hydrogens is 340 g/mol. The van der Waals surface area contributed by atoms with Gasteiger partial charge in [-0.05, 0) is 71.8 Å². The van der Waals surface area contributed by atoms with Crippen molar-refractivity contribution in [1.82, 2.24) is 0 Å². The Hall–Kier alpha value is -3.91. The zero-order chi connectivity index (χ0) is 18.8. The summed E-state index contributed by atoms with van der Waals surface area (Å²) in [5.41, 5.74) is 4.10. The molecule has 0 atom stereocenters. The van der Waals surface area contributed by atoms with E-state index in [1.54, 1.807) is 36.4 Å². The Balaban J connectivity index is 1.52. The summed E-state index contributed by atoms with van der Waals surface area (Å²) in [6.07, 6.45) is 0.494.